The number of aromatic amines is 1. The Bertz CT molecular complexity index is 722. The van der Waals surface area contributed by atoms with Crippen molar-refractivity contribution in [1.82, 2.24) is 9.97 Å². The lowest BCUT2D eigenvalue weighted by molar-refractivity contribution is 0.444. The summed E-state index contributed by atoms with van der Waals surface area (Å²) in [7, 11) is 2.06. The fourth-order valence-electron chi connectivity index (χ4n) is 2.66. The number of hydrogen-bond donors (Lipinski definition) is 2. The van der Waals surface area contributed by atoms with Gasteiger partial charge in [-0.05, 0) is 36.6 Å². The summed E-state index contributed by atoms with van der Waals surface area (Å²) in [6, 6.07) is 5.98. The van der Waals surface area contributed by atoms with Gasteiger partial charge in [0.1, 0.15) is 5.82 Å². The molecule has 0 aliphatic carbocycles. The molecule has 2 aromatic rings. The number of fused-ring (bicyclic) bond motifs is 1. The fraction of sp³-hybridized carbons (Fsp3) is 0.333. The Morgan fingerprint density at radius 3 is 2.95 bits per heavy atom. The molecule has 0 saturated heterocycles. The van der Waals surface area contributed by atoms with Crippen molar-refractivity contribution >= 4 is 5.69 Å². The molecule has 5 nitrogen and oxygen atoms in total. The first-order valence-electron chi connectivity index (χ1n) is 6.76. The Morgan fingerprint density at radius 2 is 2.25 bits per heavy atom. The molecule has 0 amide bonds. The number of nitrogens with one attached hydrogen (secondary N) is 1. The van der Waals surface area contributed by atoms with Crippen molar-refractivity contribution in [2.45, 2.75) is 19.8 Å². The average molecular weight is 271 g/mol. The van der Waals surface area contributed by atoms with Crippen LogP contribution in [0.2, 0.25) is 0 Å². The van der Waals surface area contributed by atoms with Crippen LogP contribution in [0.4, 0.5) is 5.69 Å². The van der Waals surface area contributed by atoms with Gasteiger partial charge in [-0.15, -0.1) is 0 Å². The molecule has 2 N–H and O–H groups in total. The van der Waals surface area contributed by atoms with Crippen LogP contribution in [0, 0.1) is 0 Å². The van der Waals surface area contributed by atoms with Crippen molar-refractivity contribution < 1.29 is 5.11 Å². The predicted molar refractivity (Wildman–Crippen MR) is 78.3 cm³/mol. The second-order valence-corrected chi connectivity index (χ2v) is 5.09. The molecule has 104 valence electrons. The topological polar surface area (TPSA) is 69.2 Å². The Morgan fingerprint density at radius 1 is 1.45 bits per heavy atom. The van der Waals surface area contributed by atoms with Gasteiger partial charge in [0.15, 0.2) is 0 Å². The molecule has 0 unspecified atom stereocenters. The quantitative estimate of drug-likeness (QED) is 0.872. The van der Waals surface area contributed by atoms with E-state index in [1.807, 2.05) is 25.1 Å². The number of anilines is 1. The fourth-order valence-corrected chi connectivity index (χ4v) is 2.66. The molecule has 0 atom stereocenters. The van der Waals surface area contributed by atoms with E-state index in [0.29, 0.717) is 17.8 Å². The second-order valence-electron chi connectivity index (χ2n) is 5.09. The first-order valence-corrected chi connectivity index (χ1v) is 6.76. The maximum atomic E-state index is 11.9. The number of H-pyrrole nitrogens is 1. The van der Waals surface area contributed by atoms with Gasteiger partial charge < -0.3 is 15.0 Å². The molecule has 0 fully saturated rings. The molecule has 1 aliphatic heterocycles. The van der Waals surface area contributed by atoms with Gasteiger partial charge in [-0.2, -0.15) is 4.98 Å². The lowest BCUT2D eigenvalue weighted by Gasteiger charge is -2.12. The molecule has 1 aliphatic rings. The molecule has 0 bridgehead atoms. The van der Waals surface area contributed by atoms with E-state index in [2.05, 4.69) is 21.9 Å². The number of likely N-dealkylation sites (N-methyl/N-ethyl adjacent to an activating group) is 1. The summed E-state index contributed by atoms with van der Waals surface area (Å²) in [6.07, 6.45) is 1.45. The predicted octanol–water partition coefficient (Wildman–Crippen LogP) is 1.70. The van der Waals surface area contributed by atoms with Gasteiger partial charge in [0, 0.05) is 24.8 Å². The second kappa shape index (κ2) is 4.67. The summed E-state index contributed by atoms with van der Waals surface area (Å²) in [5.41, 5.74) is 3.34. The van der Waals surface area contributed by atoms with E-state index in [-0.39, 0.29) is 11.4 Å². The van der Waals surface area contributed by atoms with Gasteiger partial charge in [-0.1, -0.05) is 6.92 Å². The zero-order chi connectivity index (χ0) is 14.3. The largest absolute Gasteiger partial charge is 0.493 e. The minimum atomic E-state index is -0.271. The smallest absolute Gasteiger partial charge is 0.258 e. The van der Waals surface area contributed by atoms with Crippen LogP contribution in [-0.4, -0.2) is 28.7 Å². The van der Waals surface area contributed by atoms with Gasteiger partial charge >= 0.3 is 0 Å². The summed E-state index contributed by atoms with van der Waals surface area (Å²) in [4.78, 5) is 20.9. The van der Waals surface area contributed by atoms with E-state index < -0.39 is 0 Å². The molecular formula is C15H17N3O2. The van der Waals surface area contributed by atoms with Gasteiger partial charge in [-0.3, -0.25) is 4.79 Å². The van der Waals surface area contributed by atoms with Crippen LogP contribution in [-0.2, 0) is 12.8 Å². The Kier molecular flexibility index (Phi) is 2.97. The van der Waals surface area contributed by atoms with Crippen LogP contribution in [0.1, 0.15) is 18.1 Å². The van der Waals surface area contributed by atoms with E-state index in [0.717, 1.165) is 18.5 Å². The number of nitrogens with zero attached hydrogens (tertiary/aromatic N) is 2. The van der Waals surface area contributed by atoms with Crippen LogP contribution in [0.3, 0.4) is 0 Å². The lowest BCUT2D eigenvalue weighted by atomic mass is 10.1. The molecule has 1 aromatic carbocycles. The first-order chi connectivity index (χ1) is 9.60. The van der Waals surface area contributed by atoms with Crippen molar-refractivity contribution in [1.29, 1.82) is 0 Å². The molecule has 3 rings (SSSR count). The van der Waals surface area contributed by atoms with Gasteiger partial charge in [-0.25, -0.2) is 0 Å². The van der Waals surface area contributed by atoms with Crippen LogP contribution in [0.5, 0.6) is 5.88 Å². The highest BCUT2D eigenvalue weighted by Crippen LogP contribution is 2.30. The molecule has 20 heavy (non-hydrogen) atoms. The van der Waals surface area contributed by atoms with Crippen molar-refractivity contribution in [3.63, 3.8) is 0 Å². The van der Waals surface area contributed by atoms with Crippen LogP contribution >= 0.6 is 0 Å². The number of aromatic nitrogens is 2. The number of hydrogen-bond acceptors (Lipinski definition) is 4. The van der Waals surface area contributed by atoms with E-state index in [4.69, 9.17) is 0 Å². The zero-order valence-corrected chi connectivity index (χ0v) is 11.6. The Labute approximate surface area is 116 Å². The summed E-state index contributed by atoms with van der Waals surface area (Å²) < 4.78 is 0. The molecule has 5 heteroatoms. The monoisotopic (exact) mass is 271 g/mol. The summed E-state index contributed by atoms with van der Waals surface area (Å²) >= 11 is 0. The van der Waals surface area contributed by atoms with Crippen LogP contribution in [0.25, 0.3) is 11.4 Å². The summed E-state index contributed by atoms with van der Waals surface area (Å²) in [5, 5.41) is 9.83. The maximum Gasteiger partial charge on any atom is 0.258 e. The van der Waals surface area contributed by atoms with Crippen molar-refractivity contribution in [2.24, 2.45) is 0 Å². The molecular weight excluding hydrogens is 254 g/mol. The van der Waals surface area contributed by atoms with Gasteiger partial charge in [0.25, 0.3) is 5.56 Å². The molecule has 0 saturated carbocycles. The average Bonchev–Trinajstić information content (AvgIpc) is 2.79. The highest BCUT2D eigenvalue weighted by Gasteiger charge is 2.17. The van der Waals surface area contributed by atoms with Crippen LogP contribution < -0.4 is 10.5 Å². The van der Waals surface area contributed by atoms with E-state index in [9.17, 15) is 9.90 Å². The molecule has 1 aromatic heterocycles. The third-order valence-electron chi connectivity index (χ3n) is 3.83. The highest BCUT2D eigenvalue weighted by atomic mass is 16.3. The SMILES string of the molecule is CCc1c(O)nc(-c2ccc3c(c2)CCN3C)[nH]c1=O. The van der Waals surface area contributed by atoms with E-state index in [1.54, 1.807) is 0 Å². The number of rotatable bonds is 2. The number of aromatic hydroxyl groups is 1. The van der Waals surface area contributed by atoms with Crippen LogP contribution in [0.15, 0.2) is 23.0 Å². The first kappa shape index (κ1) is 12.7. The summed E-state index contributed by atoms with van der Waals surface area (Å²) in [5.74, 6) is 0.242. The molecule has 0 radical (unpaired) electrons. The Balaban J connectivity index is 2.08. The minimum absolute atomic E-state index is 0.177. The highest BCUT2D eigenvalue weighted by molar-refractivity contribution is 5.66. The summed E-state index contributed by atoms with van der Waals surface area (Å²) in [6.45, 7) is 2.82. The third-order valence-corrected chi connectivity index (χ3v) is 3.83. The van der Waals surface area contributed by atoms with Gasteiger partial charge in [0.05, 0.1) is 5.56 Å². The van der Waals surface area contributed by atoms with E-state index >= 15 is 0 Å². The van der Waals surface area contributed by atoms with E-state index in [1.165, 1.54) is 11.3 Å². The van der Waals surface area contributed by atoms with Gasteiger partial charge in [0.2, 0.25) is 5.88 Å². The van der Waals surface area contributed by atoms with Crippen molar-refractivity contribution in [3.05, 3.63) is 39.7 Å². The Hall–Kier alpha value is -2.30. The number of benzene rings is 1. The molecule has 0 spiro atoms. The van der Waals surface area contributed by atoms with Crippen molar-refractivity contribution in [3.8, 4) is 17.3 Å². The third kappa shape index (κ3) is 1.95. The molecule has 2 heterocycles. The zero-order valence-electron chi connectivity index (χ0n) is 11.6. The standard InChI is InChI=1S/C15H17N3O2/c1-3-11-14(19)16-13(17-15(11)20)10-4-5-12-9(8-10)6-7-18(12)2/h4-5,8H,3,6-7H2,1-2H3,(H2,16,17,19,20). The lowest BCUT2D eigenvalue weighted by Crippen LogP contribution is -2.14. The maximum absolute atomic E-state index is 11.9. The normalized spacial score (nSPS) is 13.6. The minimum Gasteiger partial charge on any atom is -0.493 e. The van der Waals surface area contributed by atoms with Crippen molar-refractivity contribution in [2.75, 3.05) is 18.5 Å².